The number of nitrogens with one attached hydrogen (secondary N) is 2. The van der Waals surface area contributed by atoms with E-state index in [1.807, 2.05) is 0 Å². The van der Waals surface area contributed by atoms with E-state index in [-0.39, 0.29) is 0 Å². The van der Waals surface area contributed by atoms with Crippen molar-refractivity contribution in [1.29, 1.82) is 0 Å². The number of anilines is 1. The first-order valence-electron chi connectivity index (χ1n) is 7.29. The minimum absolute atomic E-state index is 0.350. The van der Waals surface area contributed by atoms with Crippen LogP contribution in [-0.2, 0) is 4.79 Å². The van der Waals surface area contributed by atoms with Crippen LogP contribution in [0.2, 0.25) is 0 Å². The minimum Gasteiger partial charge on any atom is -0.320 e. The molecule has 25 heavy (non-hydrogen) atoms. The van der Waals surface area contributed by atoms with E-state index in [4.69, 9.17) is 0 Å². The Balaban J connectivity index is 1.67. The van der Waals surface area contributed by atoms with Gasteiger partial charge in [-0.05, 0) is 31.2 Å². The highest BCUT2D eigenvalue weighted by atomic mass is 32.2. The summed E-state index contributed by atoms with van der Waals surface area (Å²) < 4.78 is 27.2. The number of hydrogen-bond donors (Lipinski definition) is 2. The molecule has 0 aliphatic heterocycles. The molecule has 0 bridgehead atoms. The van der Waals surface area contributed by atoms with E-state index in [0.717, 1.165) is 29.5 Å². The molecule has 2 heterocycles. The van der Waals surface area contributed by atoms with E-state index in [9.17, 15) is 13.6 Å². The molecule has 0 radical (unpaired) electrons. The second-order valence-corrected chi connectivity index (χ2v) is 6.36. The number of halogens is 2. The highest BCUT2D eigenvalue weighted by molar-refractivity contribution is 8.00. The SMILES string of the molecule is C[C@@H](Sc1n[nH]c(-c2ccncc2)n1)C(=O)Nc1c(F)cccc1F. The van der Waals surface area contributed by atoms with Gasteiger partial charge in [0.25, 0.3) is 0 Å². The lowest BCUT2D eigenvalue weighted by Gasteiger charge is -2.11. The highest BCUT2D eigenvalue weighted by Gasteiger charge is 2.20. The maximum atomic E-state index is 13.6. The normalized spacial score (nSPS) is 12.0. The number of H-pyrrole nitrogens is 1. The molecular formula is C16H13F2N5OS. The summed E-state index contributed by atoms with van der Waals surface area (Å²) in [5.74, 6) is -1.67. The lowest BCUT2D eigenvalue weighted by Crippen LogP contribution is -2.23. The highest BCUT2D eigenvalue weighted by Crippen LogP contribution is 2.24. The third-order valence-electron chi connectivity index (χ3n) is 3.28. The van der Waals surface area contributed by atoms with Gasteiger partial charge in [-0.25, -0.2) is 13.8 Å². The molecule has 2 aromatic heterocycles. The quantitative estimate of drug-likeness (QED) is 0.682. The number of hydrogen-bond acceptors (Lipinski definition) is 5. The third-order valence-corrected chi connectivity index (χ3v) is 4.24. The average Bonchev–Trinajstić information content (AvgIpc) is 3.07. The van der Waals surface area contributed by atoms with Crippen LogP contribution in [0.1, 0.15) is 6.92 Å². The number of carbonyl (C=O) groups excluding carboxylic acids is 1. The molecule has 2 N–H and O–H groups in total. The van der Waals surface area contributed by atoms with E-state index in [1.54, 1.807) is 31.5 Å². The van der Waals surface area contributed by atoms with E-state index in [2.05, 4.69) is 25.5 Å². The van der Waals surface area contributed by atoms with Gasteiger partial charge < -0.3 is 5.32 Å². The summed E-state index contributed by atoms with van der Waals surface area (Å²) in [5, 5.41) is 8.76. The van der Waals surface area contributed by atoms with Crippen molar-refractivity contribution in [1.82, 2.24) is 20.2 Å². The van der Waals surface area contributed by atoms with Crippen molar-refractivity contribution < 1.29 is 13.6 Å². The summed E-state index contributed by atoms with van der Waals surface area (Å²) >= 11 is 1.07. The molecule has 0 fully saturated rings. The Morgan fingerprint density at radius 1 is 1.20 bits per heavy atom. The first kappa shape index (κ1) is 17.0. The molecule has 3 rings (SSSR count). The van der Waals surface area contributed by atoms with Crippen LogP contribution in [0.5, 0.6) is 0 Å². The van der Waals surface area contributed by atoms with E-state index >= 15 is 0 Å². The van der Waals surface area contributed by atoms with Crippen LogP contribution in [-0.4, -0.2) is 31.3 Å². The molecule has 0 spiro atoms. The number of thioether (sulfide) groups is 1. The molecular weight excluding hydrogens is 348 g/mol. The predicted molar refractivity (Wildman–Crippen MR) is 89.9 cm³/mol. The Hall–Kier alpha value is -2.81. The van der Waals surface area contributed by atoms with Crippen molar-refractivity contribution in [3.8, 4) is 11.4 Å². The van der Waals surface area contributed by atoms with Crippen LogP contribution in [0.15, 0.2) is 47.9 Å². The zero-order chi connectivity index (χ0) is 17.8. The van der Waals surface area contributed by atoms with Crippen LogP contribution in [0, 0.1) is 11.6 Å². The molecule has 0 saturated carbocycles. The van der Waals surface area contributed by atoms with Crippen molar-refractivity contribution in [2.75, 3.05) is 5.32 Å². The number of pyridine rings is 1. The summed E-state index contributed by atoms with van der Waals surface area (Å²) in [6.07, 6.45) is 3.26. The molecule has 0 saturated heterocycles. The minimum atomic E-state index is -0.830. The zero-order valence-corrected chi connectivity index (χ0v) is 13.8. The van der Waals surface area contributed by atoms with Crippen LogP contribution >= 0.6 is 11.8 Å². The Morgan fingerprint density at radius 2 is 1.88 bits per heavy atom. The zero-order valence-electron chi connectivity index (χ0n) is 13.0. The van der Waals surface area contributed by atoms with Gasteiger partial charge in [0, 0.05) is 18.0 Å². The molecule has 3 aromatic rings. The van der Waals surface area contributed by atoms with Gasteiger partial charge in [-0.2, -0.15) is 0 Å². The molecule has 0 aliphatic carbocycles. The summed E-state index contributed by atoms with van der Waals surface area (Å²) in [6, 6.07) is 6.92. The van der Waals surface area contributed by atoms with Gasteiger partial charge in [0.2, 0.25) is 11.1 Å². The van der Waals surface area contributed by atoms with Gasteiger partial charge in [-0.3, -0.25) is 14.9 Å². The van der Waals surface area contributed by atoms with Gasteiger partial charge in [0.15, 0.2) is 5.82 Å². The number of benzene rings is 1. The van der Waals surface area contributed by atoms with Gasteiger partial charge in [0.1, 0.15) is 17.3 Å². The average molecular weight is 361 g/mol. The lowest BCUT2D eigenvalue weighted by atomic mass is 10.3. The maximum Gasteiger partial charge on any atom is 0.237 e. The molecule has 9 heteroatoms. The van der Waals surface area contributed by atoms with Crippen LogP contribution in [0.3, 0.4) is 0 Å². The van der Waals surface area contributed by atoms with Crippen molar-refractivity contribution in [2.24, 2.45) is 0 Å². The first-order valence-corrected chi connectivity index (χ1v) is 8.17. The number of aromatic nitrogens is 4. The summed E-state index contributed by atoms with van der Waals surface area (Å²) in [4.78, 5) is 20.4. The van der Waals surface area contributed by atoms with Crippen molar-refractivity contribution in [2.45, 2.75) is 17.3 Å². The van der Waals surface area contributed by atoms with Gasteiger partial charge in [-0.15, -0.1) is 5.10 Å². The van der Waals surface area contributed by atoms with Crippen molar-refractivity contribution in [3.05, 3.63) is 54.4 Å². The monoisotopic (exact) mass is 361 g/mol. The van der Waals surface area contributed by atoms with Crippen molar-refractivity contribution >= 4 is 23.4 Å². The Morgan fingerprint density at radius 3 is 2.56 bits per heavy atom. The number of nitrogens with zero attached hydrogens (tertiary/aromatic N) is 3. The predicted octanol–water partition coefficient (Wildman–Crippen LogP) is 3.26. The second kappa shape index (κ2) is 7.39. The summed E-state index contributed by atoms with van der Waals surface area (Å²) in [6.45, 7) is 1.60. The number of aromatic amines is 1. The second-order valence-electron chi connectivity index (χ2n) is 5.05. The fraction of sp³-hybridized carbons (Fsp3) is 0.125. The third kappa shape index (κ3) is 4.00. The van der Waals surface area contributed by atoms with Crippen LogP contribution < -0.4 is 5.32 Å². The molecule has 1 atom stereocenters. The molecule has 128 valence electrons. The molecule has 1 aromatic carbocycles. The van der Waals surface area contributed by atoms with E-state index in [1.165, 1.54) is 6.07 Å². The van der Waals surface area contributed by atoms with E-state index < -0.39 is 28.5 Å². The van der Waals surface area contributed by atoms with Crippen LogP contribution in [0.4, 0.5) is 14.5 Å². The molecule has 6 nitrogen and oxygen atoms in total. The topological polar surface area (TPSA) is 83.6 Å². The number of amides is 1. The maximum absolute atomic E-state index is 13.6. The lowest BCUT2D eigenvalue weighted by molar-refractivity contribution is -0.115. The van der Waals surface area contributed by atoms with Crippen LogP contribution in [0.25, 0.3) is 11.4 Å². The largest absolute Gasteiger partial charge is 0.320 e. The summed E-state index contributed by atoms with van der Waals surface area (Å²) in [5.41, 5.74) is 0.340. The Bertz CT molecular complexity index is 867. The Kier molecular flexibility index (Phi) is 5.03. The fourth-order valence-corrected chi connectivity index (χ4v) is 2.72. The number of rotatable bonds is 5. The first-order chi connectivity index (χ1) is 12.0. The smallest absolute Gasteiger partial charge is 0.237 e. The standard InChI is InChI=1S/C16H13F2N5OS/c1-9(15(24)20-13-11(17)3-2-4-12(13)18)25-16-21-14(22-23-16)10-5-7-19-8-6-10/h2-9H,1H3,(H,20,24)(H,21,22,23)/t9-/m1/s1. The summed E-state index contributed by atoms with van der Waals surface area (Å²) in [7, 11) is 0. The fourth-order valence-electron chi connectivity index (χ4n) is 1.99. The Labute approximate surface area is 146 Å². The molecule has 0 unspecified atom stereocenters. The van der Waals surface area contributed by atoms with Gasteiger partial charge in [0.05, 0.1) is 5.25 Å². The number of carbonyl (C=O) groups is 1. The number of para-hydroxylation sites is 1. The molecule has 0 aliphatic rings. The van der Waals surface area contributed by atoms with Crippen molar-refractivity contribution in [3.63, 3.8) is 0 Å². The van der Waals surface area contributed by atoms with E-state index in [0.29, 0.717) is 11.0 Å². The van der Waals surface area contributed by atoms with Gasteiger partial charge >= 0.3 is 0 Å². The van der Waals surface area contributed by atoms with Gasteiger partial charge in [-0.1, -0.05) is 17.8 Å². The molecule has 1 amide bonds.